The minimum atomic E-state index is -0.333. The van der Waals surface area contributed by atoms with Crippen LogP contribution in [0.2, 0.25) is 0 Å². The average molecular weight is 312 g/mol. The molecule has 0 N–H and O–H groups in total. The fourth-order valence-corrected chi connectivity index (χ4v) is 2.68. The monoisotopic (exact) mass is 311 g/mol. The van der Waals surface area contributed by atoms with E-state index in [1.165, 1.54) is 18.4 Å². The summed E-state index contributed by atoms with van der Waals surface area (Å²) in [7, 11) is 1.37. The summed E-state index contributed by atoms with van der Waals surface area (Å²) in [4.78, 5) is 16.0. The van der Waals surface area contributed by atoms with Crippen LogP contribution in [0.25, 0.3) is 0 Å². The lowest BCUT2D eigenvalue weighted by molar-refractivity contribution is 0.0606. The molecule has 17 heavy (non-hydrogen) atoms. The largest absolute Gasteiger partial charge is 0.465 e. The van der Waals surface area contributed by atoms with Gasteiger partial charge < -0.3 is 4.74 Å². The van der Waals surface area contributed by atoms with Crippen LogP contribution in [0.15, 0.2) is 34.9 Å². The van der Waals surface area contributed by atoms with Gasteiger partial charge in [0.25, 0.3) is 0 Å². The van der Waals surface area contributed by atoms with E-state index in [1.54, 1.807) is 6.20 Å². The van der Waals surface area contributed by atoms with E-state index in [0.717, 1.165) is 15.0 Å². The molecular weight excluding hydrogens is 302 g/mol. The topological polar surface area (TPSA) is 39.2 Å². The number of aromatic nitrogens is 1. The molecule has 0 bridgehead atoms. The van der Waals surface area contributed by atoms with Crippen LogP contribution in [0.1, 0.15) is 20.2 Å². The Morgan fingerprint density at radius 2 is 2.24 bits per heavy atom. The second kappa shape index (κ2) is 5.42. The Balaban J connectivity index is 2.17. The van der Waals surface area contributed by atoms with Gasteiger partial charge >= 0.3 is 5.97 Å². The number of carbonyl (C=O) groups excluding carboxylic acids is 1. The van der Waals surface area contributed by atoms with Crippen molar-refractivity contribution in [2.75, 3.05) is 7.11 Å². The second-order valence-corrected chi connectivity index (χ2v) is 5.35. The minimum Gasteiger partial charge on any atom is -0.465 e. The first-order chi connectivity index (χ1) is 8.20. The predicted octanol–water partition coefficient (Wildman–Crippen LogP) is 3.28. The molecule has 0 unspecified atom stereocenters. The van der Waals surface area contributed by atoms with E-state index in [1.807, 2.05) is 24.3 Å². The van der Waals surface area contributed by atoms with E-state index in [-0.39, 0.29) is 5.97 Å². The highest BCUT2D eigenvalue weighted by Crippen LogP contribution is 2.22. The Bertz CT molecular complexity index is 539. The predicted molar refractivity (Wildman–Crippen MR) is 70.4 cm³/mol. The summed E-state index contributed by atoms with van der Waals surface area (Å²) < 4.78 is 5.70. The van der Waals surface area contributed by atoms with Crippen molar-refractivity contribution in [2.45, 2.75) is 6.42 Å². The zero-order chi connectivity index (χ0) is 12.3. The van der Waals surface area contributed by atoms with Gasteiger partial charge in [-0.15, -0.1) is 11.3 Å². The molecule has 0 spiro atoms. The molecule has 1 aromatic carbocycles. The van der Waals surface area contributed by atoms with E-state index in [2.05, 4.69) is 25.7 Å². The highest BCUT2D eigenvalue weighted by Gasteiger charge is 2.11. The molecular formula is C12H10BrNO2S. The average Bonchev–Trinajstić information content (AvgIpc) is 2.80. The van der Waals surface area contributed by atoms with Crippen LogP contribution in [-0.2, 0) is 11.2 Å². The van der Waals surface area contributed by atoms with E-state index in [0.29, 0.717) is 11.3 Å². The Morgan fingerprint density at radius 3 is 2.94 bits per heavy atom. The van der Waals surface area contributed by atoms with Crippen LogP contribution in [0.4, 0.5) is 0 Å². The van der Waals surface area contributed by atoms with Gasteiger partial charge in [-0.05, 0) is 11.6 Å². The quantitative estimate of drug-likeness (QED) is 0.817. The number of carbonyl (C=O) groups is 1. The van der Waals surface area contributed by atoms with Crippen molar-refractivity contribution in [2.24, 2.45) is 0 Å². The zero-order valence-corrected chi connectivity index (χ0v) is 11.5. The number of hydrogen-bond donors (Lipinski definition) is 0. The Hall–Kier alpha value is -1.20. The molecule has 0 aliphatic carbocycles. The number of ether oxygens (including phenoxy) is 1. The molecule has 0 saturated heterocycles. The number of esters is 1. The van der Waals surface area contributed by atoms with E-state index in [9.17, 15) is 4.79 Å². The maximum absolute atomic E-state index is 11.3. The van der Waals surface area contributed by atoms with Crippen LogP contribution in [-0.4, -0.2) is 18.1 Å². The number of benzene rings is 1. The van der Waals surface area contributed by atoms with Crippen molar-refractivity contribution in [3.05, 3.63) is 50.4 Å². The van der Waals surface area contributed by atoms with Gasteiger partial charge in [-0.25, -0.2) is 9.78 Å². The van der Waals surface area contributed by atoms with Crippen LogP contribution >= 0.6 is 27.3 Å². The first-order valence-electron chi connectivity index (χ1n) is 4.97. The third-order valence-electron chi connectivity index (χ3n) is 2.24. The lowest BCUT2D eigenvalue weighted by Gasteiger charge is -2.00. The third kappa shape index (κ3) is 2.92. The minimum absolute atomic E-state index is 0.333. The Morgan fingerprint density at radius 1 is 1.47 bits per heavy atom. The van der Waals surface area contributed by atoms with Crippen molar-refractivity contribution < 1.29 is 9.53 Å². The van der Waals surface area contributed by atoms with E-state index >= 15 is 0 Å². The number of methoxy groups -OCH3 is 1. The van der Waals surface area contributed by atoms with Crippen molar-refractivity contribution >= 4 is 33.2 Å². The summed E-state index contributed by atoms with van der Waals surface area (Å²) in [5, 5.41) is 0.900. The molecule has 0 atom stereocenters. The van der Waals surface area contributed by atoms with E-state index in [4.69, 9.17) is 0 Å². The van der Waals surface area contributed by atoms with Crippen molar-refractivity contribution in [1.29, 1.82) is 0 Å². The molecule has 3 nitrogen and oxygen atoms in total. The molecule has 2 aromatic rings. The first-order valence-corrected chi connectivity index (χ1v) is 6.58. The molecule has 1 aromatic heterocycles. The smallest absolute Gasteiger partial charge is 0.349 e. The zero-order valence-electron chi connectivity index (χ0n) is 9.14. The fraction of sp³-hybridized carbons (Fsp3) is 0.167. The highest BCUT2D eigenvalue weighted by molar-refractivity contribution is 9.10. The summed E-state index contributed by atoms with van der Waals surface area (Å²) in [5.74, 6) is -0.333. The maximum atomic E-state index is 11.3. The lowest BCUT2D eigenvalue weighted by Crippen LogP contribution is -1.96. The van der Waals surface area contributed by atoms with Gasteiger partial charge in [0.15, 0.2) is 0 Å². The van der Waals surface area contributed by atoms with Crippen LogP contribution < -0.4 is 0 Å². The summed E-state index contributed by atoms with van der Waals surface area (Å²) in [6, 6.07) is 7.97. The number of nitrogens with zero attached hydrogens (tertiary/aromatic N) is 1. The molecule has 0 aliphatic rings. The van der Waals surface area contributed by atoms with Gasteiger partial charge in [0.05, 0.1) is 18.3 Å². The molecule has 2 rings (SSSR count). The fourth-order valence-electron chi connectivity index (χ4n) is 1.39. The molecule has 0 amide bonds. The molecule has 0 fully saturated rings. The van der Waals surface area contributed by atoms with Crippen LogP contribution in [0.3, 0.4) is 0 Å². The molecule has 0 aliphatic heterocycles. The number of hydrogen-bond acceptors (Lipinski definition) is 4. The number of halogens is 1. The van der Waals surface area contributed by atoms with Gasteiger partial charge in [-0.1, -0.05) is 34.1 Å². The van der Waals surface area contributed by atoms with Gasteiger partial charge in [-0.3, -0.25) is 0 Å². The third-order valence-corrected chi connectivity index (χ3v) is 3.99. The summed E-state index contributed by atoms with van der Waals surface area (Å²) in [5.41, 5.74) is 1.15. The van der Waals surface area contributed by atoms with E-state index < -0.39 is 0 Å². The van der Waals surface area contributed by atoms with Gasteiger partial charge in [0, 0.05) is 10.9 Å². The van der Waals surface area contributed by atoms with Gasteiger partial charge in [0.2, 0.25) is 0 Å². The number of rotatable bonds is 3. The highest BCUT2D eigenvalue weighted by atomic mass is 79.9. The maximum Gasteiger partial charge on any atom is 0.349 e. The number of thiazole rings is 1. The van der Waals surface area contributed by atoms with Crippen LogP contribution in [0.5, 0.6) is 0 Å². The summed E-state index contributed by atoms with van der Waals surface area (Å²) >= 11 is 4.85. The Labute approximate surface area is 112 Å². The van der Waals surface area contributed by atoms with Crippen molar-refractivity contribution in [3.8, 4) is 0 Å². The standard InChI is InChI=1S/C12H10BrNO2S/c1-16-12(15)10-7-14-11(17-10)6-8-4-2-3-5-9(8)13/h2-5,7H,6H2,1H3. The van der Waals surface area contributed by atoms with Crippen molar-refractivity contribution in [3.63, 3.8) is 0 Å². The molecule has 1 heterocycles. The molecule has 5 heteroatoms. The summed E-state index contributed by atoms with van der Waals surface area (Å²) in [6.45, 7) is 0. The first kappa shape index (κ1) is 12.3. The molecule has 0 saturated carbocycles. The van der Waals surface area contributed by atoms with Crippen LogP contribution in [0, 0.1) is 0 Å². The Kier molecular flexibility index (Phi) is 3.91. The van der Waals surface area contributed by atoms with Gasteiger partial charge in [0.1, 0.15) is 4.88 Å². The lowest BCUT2D eigenvalue weighted by atomic mass is 10.2. The summed E-state index contributed by atoms with van der Waals surface area (Å²) in [6.07, 6.45) is 2.27. The molecule has 0 radical (unpaired) electrons. The SMILES string of the molecule is COC(=O)c1cnc(Cc2ccccc2Br)s1. The van der Waals surface area contributed by atoms with Gasteiger partial charge in [-0.2, -0.15) is 0 Å². The second-order valence-electron chi connectivity index (χ2n) is 3.38. The van der Waals surface area contributed by atoms with Crippen molar-refractivity contribution in [1.82, 2.24) is 4.98 Å². The normalized spacial score (nSPS) is 10.2. The molecule has 88 valence electrons.